The molecule has 0 radical (unpaired) electrons. The fraction of sp³-hybridized carbons (Fsp3) is 0.400. The lowest BCUT2D eigenvalue weighted by molar-refractivity contribution is 0.701. The lowest BCUT2D eigenvalue weighted by Gasteiger charge is -1.94. The fourth-order valence-corrected chi connectivity index (χ4v) is 1.36. The minimum Gasteiger partial charge on any atom is -0.311 e. The quantitative estimate of drug-likeness (QED) is 0.789. The van der Waals surface area contributed by atoms with Crippen LogP contribution in [-0.4, -0.2) is 21.1 Å². The molecule has 0 amide bonds. The molecule has 0 spiro atoms. The van der Waals surface area contributed by atoms with Crippen molar-refractivity contribution in [2.45, 2.75) is 20.4 Å². The molecule has 0 bridgehead atoms. The molecule has 0 aromatic carbocycles. The van der Waals surface area contributed by atoms with Gasteiger partial charge in [-0.25, -0.2) is 9.50 Å². The number of rotatable bonds is 3. The number of fused-ring (bicyclic) bond motifs is 1. The first kappa shape index (κ1) is 9.15. The molecule has 0 atom stereocenters. The summed E-state index contributed by atoms with van der Waals surface area (Å²) in [5, 5.41) is 7.62. The Labute approximate surface area is 83.0 Å². The Bertz CT molecular complexity index is 433. The van der Waals surface area contributed by atoms with Crippen molar-refractivity contribution in [1.82, 2.24) is 19.9 Å². The molecule has 0 fully saturated rings. The van der Waals surface area contributed by atoms with Crippen LogP contribution in [0.5, 0.6) is 0 Å². The van der Waals surface area contributed by atoms with Gasteiger partial charge in [0.2, 0.25) is 0 Å². The van der Waals surface area contributed by atoms with Crippen LogP contribution in [0.3, 0.4) is 0 Å². The highest BCUT2D eigenvalue weighted by molar-refractivity contribution is 5.39. The van der Waals surface area contributed by atoms with E-state index in [2.05, 4.69) is 22.3 Å². The molecule has 0 aliphatic carbocycles. The molecule has 0 saturated heterocycles. The summed E-state index contributed by atoms with van der Waals surface area (Å²) < 4.78 is 1.81. The van der Waals surface area contributed by atoms with Gasteiger partial charge < -0.3 is 5.32 Å². The highest BCUT2D eigenvalue weighted by Crippen LogP contribution is 2.04. The van der Waals surface area contributed by atoms with Gasteiger partial charge in [-0.1, -0.05) is 6.92 Å². The van der Waals surface area contributed by atoms with Gasteiger partial charge in [0.25, 0.3) is 0 Å². The molecule has 2 rings (SSSR count). The topological polar surface area (TPSA) is 42.2 Å². The molecule has 1 N–H and O–H groups in total. The van der Waals surface area contributed by atoms with Crippen LogP contribution in [0.1, 0.15) is 18.3 Å². The van der Waals surface area contributed by atoms with Crippen molar-refractivity contribution in [1.29, 1.82) is 0 Å². The molecule has 74 valence electrons. The summed E-state index contributed by atoms with van der Waals surface area (Å²) in [5.74, 6) is 0. The van der Waals surface area contributed by atoms with Gasteiger partial charge >= 0.3 is 0 Å². The summed E-state index contributed by atoms with van der Waals surface area (Å²) >= 11 is 0. The third kappa shape index (κ3) is 1.75. The van der Waals surface area contributed by atoms with Gasteiger partial charge in [0.1, 0.15) is 0 Å². The van der Waals surface area contributed by atoms with Crippen molar-refractivity contribution in [2.75, 3.05) is 6.54 Å². The molecule has 14 heavy (non-hydrogen) atoms. The molecule has 2 aromatic rings. The summed E-state index contributed by atoms with van der Waals surface area (Å²) in [6, 6.07) is 3.96. The number of hydrogen-bond acceptors (Lipinski definition) is 3. The monoisotopic (exact) mass is 190 g/mol. The van der Waals surface area contributed by atoms with Crippen LogP contribution < -0.4 is 5.32 Å². The normalized spacial score (nSPS) is 11.0. The molecule has 4 heteroatoms. The Morgan fingerprint density at radius 3 is 3.14 bits per heavy atom. The molecule has 0 aliphatic rings. The predicted octanol–water partition coefficient (Wildman–Crippen LogP) is 1.15. The lowest BCUT2D eigenvalue weighted by atomic mass is 10.4. The van der Waals surface area contributed by atoms with Crippen LogP contribution in [0.2, 0.25) is 0 Å². The van der Waals surface area contributed by atoms with E-state index in [4.69, 9.17) is 0 Å². The first-order valence-corrected chi connectivity index (χ1v) is 4.82. The second-order valence-corrected chi connectivity index (χ2v) is 3.29. The highest BCUT2D eigenvalue weighted by atomic mass is 15.2. The second-order valence-electron chi connectivity index (χ2n) is 3.29. The van der Waals surface area contributed by atoms with E-state index < -0.39 is 0 Å². The van der Waals surface area contributed by atoms with E-state index >= 15 is 0 Å². The minimum absolute atomic E-state index is 0.804. The van der Waals surface area contributed by atoms with Crippen LogP contribution in [0.4, 0.5) is 0 Å². The van der Waals surface area contributed by atoms with E-state index in [0.29, 0.717) is 0 Å². The third-order valence-corrected chi connectivity index (χ3v) is 2.07. The number of aryl methyl sites for hydroxylation is 1. The van der Waals surface area contributed by atoms with Crippen molar-refractivity contribution in [2.24, 2.45) is 0 Å². The number of nitrogens with one attached hydrogen (secondary N) is 1. The van der Waals surface area contributed by atoms with Gasteiger partial charge in [-0.2, -0.15) is 5.10 Å². The molecule has 0 unspecified atom stereocenters. The molecule has 2 aromatic heterocycles. The van der Waals surface area contributed by atoms with Crippen LogP contribution in [0, 0.1) is 6.92 Å². The van der Waals surface area contributed by atoms with Gasteiger partial charge in [0.05, 0.1) is 5.69 Å². The average molecular weight is 190 g/mol. The van der Waals surface area contributed by atoms with E-state index in [1.807, 2.05) is 25.3 Å². The number of aromatic nitrogens is 3. The third-order valence-electron chi connectivity index (χ3n) is 2.07. The molecule has 0 aliphatic heterocycles. The minimum atomic E-state index is 0.804. The Morgan fingerprint density at radius 2 is 2.36 bits per heavy atom. The zero-order chi connectivity index (χ0) is 9.97. The van der Waals surface area contributed by atoms with E-state index in [9.17, 15) is 0 Å². The number of hydrogen-bond donors (Lipinski definition) is 1. The van der Waals surface area contributed by atoms with Gasteiger partial charge in [0.15, 0.2) is 5.65 Å². The molecular formula is C10H14N4. The molecule has 0 saturated carbocycles. The van der Waals surface area contributed by atoms with E-state index in [-0.39, 0.29) is 0 Å². The van der Waals surface area contributed by atoms with Crippen LogP contribution >= 0.6 is 0 Å². The summed E-state index contributed by atoms with van der Waals surface area (Å²) in [5.41, 5.74) is 2.97. The van der Waals surface area contributed by atoms with Crippen molar-refractivity contribution in [3.05, 3.63) is 29.7 Å². The fourth-order valence-electron chi connectivity index (χ4n) is 1.36. The molecule has 2 heterocycles. The SMILES string of the molecule is CCNCc1cc2nc(C)ccn2n1. The maximum absolute atomic E-state index is 4.38. The Hall–Kier alpha value is -1.42. The largest absolute Gasteiger partial charge is 0.311 e. The van der Waals surface area contributed by atoms with Gasteiger partial charge in [-0.05, 0) is 19.5 Å². The second kappa shape index (κ2) is 3.75. The maximum atomic E-state index is 4.38. The van der Waals surface area contributed by atoms with Crippen molar-refractivity contribution in [3.63, 3.8) is 0 Å². The van der Waals surface area contributed by atoms with E-state index in [1.165, 1.54) is 0 Å². The molecule has 4 nitrogen and oxygen atoms in total. The van der Waals surface area contributed by atoms with Crippen molar-refractivity contribution in [3.8, 4) is 0 Å². The van der Waals surface area contributed by atoms with E-state index in [1.54, 1.807) is 4.52 Å². The standard InChI is InChI=1S/C10H14N4/c1-3-11-7-9-6-10-12-8(2)4-5-14(10)13-9/h4-6,11H,3,7H2,1-2H3. The van der Waals surface area contributed by atoms with Gasteiger partial charge in [-0.3, -0.25) is 0 Å². The zero-order valence-corrected chi connectivity index (χ0v) is 8.49. The molecular weight excluding hydrogens is 176 g/mol. The summed E-state index contributed by atoms with van der Waals surface area (Å²) in [6.07, 6.45) is 1.94. The van der Waals surface area contributed by atoms with Crippen molar-refractivity contribution < 1.29 is 0 Å². The van der Waals surface area contributed by atoms with Gasteiger partial charge in [0, 0.05) is 24.5 Å². The van der Waals surface area contributed by atoms with Crippen LogP contribution in [0.25, 0.3) is 5.65 Å². The first-order valence-electron chi connectivity index (χ1n) is 4.82. The maximum Gasteiger partial charge on any atom is 0.155 e. The summed E-state index contributed by atoms with van der Waals surface area (Å²) in [7, 11) is 0. The predicted molar refractivity (Wildman–Crippen MR) is 55.1 cm³/mol. The first-order chi connectivity index (χ1) is 6.79. The lowest BCUT2D eigenvalue weighted by Crippen LogP contribution is -2.11. The van der Waals surface area contributed by atoms with E-state index in [0.717, 1.165) is 30.1 Å². The van der Waals surface area contributed by atoms with Crippen LogP contribution in [0.15, 0.2) is 18.3 Å². The Balaban J connectivity index is 2.32. The Morgan fingerprint density at radius 1 is 1.50 bits per heavy atom. The Kier molecular flexibility index (Phi) is 2.45. The summed E-state index contributed by atoms with van der Waals surface area (Å²) in [6.45, 7) is 5.83. The average Bonchev–Trinajstić information content (AvgIpc) is 2.56. The number of nitrogens with zero attached hydrogens (tertiary/aromatic N) is 3. The van der Waals surface area contributed by atoms with Crippen LogP contribution in [-0.2, 0) is 6.54 Å². The zero-order valence-electron chi connectivity index (χ0n) is 8.49. The van der Waals surface area contributed by atoms with Gasteiger partial charge in [-0.15, -0.1) is 0 Å². The summed E-state index contributed by atoms with van der Waals surface area (Å²) in [4.78, 5) is 4.38. The smallest absolute Gasteiger partial charge is 0.155 e. The van der Waals surface area contributed by atoms with Crippen molar-refractivity contribution >= 4 is 5.65 Å². The highest BCUT2D eigenvalue weighted by Gasteiger charge is 2.01.